The Bertz CT molecular complexity index is 1100. The van der Waals surface area contributed by atoms with Crippen LogP contribution in [-0.2, 0) is 20.7 Å². The second-order valence-electron chi connectivity index (χ2n) is 10.2. The average molecular weight is 543 g/mol. The fraction of sp³-hybridized carbons (Fsp3) is 0.548. The van der Waals surface area contributed by atoms with E-state index in [1.807, 2.05) is 0 Å². The quantitative estimate of drug-likeness (QED) is 0.0950. The predicted octanol–water partition coefficient (Wildman–Crippen LogP) is 7.02. The standard InChI is InChI=1S/C31H42O8/c1-3-5-7-9-11-13-29(35)37-22-18-25(33)23-20-28(38-30(36)14-12-10-8-6-4-2)31(39-27(23)19-22)21-15-16-24(32)26(34)17-21/h15-19,28,31-34H,3-14,20H2,1-2H3/t28-,31+/m0/s1. The molecule has 0 radical (unpaired) electrons. The van der Waals surface area contributed by atoms with E-state index in [-0.39, 0.29) is 54.2 Å². The first kappa shape index (κ1) is 30.1. The summed E-state index contributed by atoms with van der Waals surface area (Å²) in [5.74, 6) is -1.01. The molecule has 214 valence electrons. The number of carbonyl (C=O) groups excluding carboxylic acids is 2. The van der Waals surface area contributed by atoms with Gasteiger partial charge >= 0.3 is 11.9 Å². The van der Waals surface area contributed by atoms with Gasteiger partial charge in [0.15, 0.2) is 17.6 Å². The van der Waals surface area contributed by atoms with Gasteiger partial charge in [0.2, 0.25) is 0 Å². The minimum atomic E-state index is -0.808. The molecule has 0 saturated carbocycles. The molecular formula is C31H42O8. The molecule has 0 bridgehead atoms. The number of rotatable bonds is 15. The van der Waals surface area contributed by atoms with Gasteiger partial charge in [-0.2, -0.15) is 0 Å². The molecule has 1 heterocycles. The third-order valence-corrected chi connectivity index (χ3v) is 6.97. The molecule has 1 aliphatic rings. The summed E-state index contributed by atoms with van der Waals surface area (Å²) in [6.07, 6.45) is 9.19. The lowest BCUT2D eigenvalue weighted by Gasteiger charge is -2.34. The van der Waals surface area contributed by atoms with E-state index in [4.69, 9.17) is 14.2 Å². The molecule has 0 saturated heterocycles. The summed E-state index contributed by atoms with van der Waals surface area (Å²) in [6.45, 7) is 4.27. The summed E-state index contributed by atoms with van der Waals surface area (Å²) in [7, 11) is 0. The number of hydrogen-bond donors (Lipinski definition) is 3. The molecule has 2 atom stereocenters. The maximum atomic E-state index is 12.7. The van der Waals surface area contributed by atoms with Gasteiger partial charge in [0.1, 0.15) is 23.4 Å². The van der Waals surface area contributed by atoms with Crippen molar-refractivity contribution in [2.45, 2.75) is 110 Å². The van der Waals surface area contributed by atoms with Gasteiger partial charge in [-0.3, -0.25) is 9.59 Å². The van der Waals surface area contributed by atoms with Crippen molar-refractivity contribution < 1.29 is 39.1 Å². The molecule has 0 amide bonds. The van der Waals surface area contributed by atoms with Crippen molar-refractivity contribution in [3.63, 3.8) is 0 Å². The maximum Gasteiger partial charge on any atom is 0.311 e. The van der Waals surface area contributed by atoms with E-state index in [1.54, 1.807) is 12.1 Å². The molecule has 0 aromatic heterocycles. The molecule has 0 fully saturated rings. The van der Waals surface area contributed by atoms with Crippen molar-refractivity contribution in [2.75, 3.05) is 0 Å². The minimum absolute atomic E-state index is 0.120. The highest BCUT2D eigenvalue weighted by molar-refractivity contribution is 5.73. The van der Waals surface area contributed by atoms with Crippen LogP contribution in [-0.4, -0.2) is 33.4 Å². The number of ether oxygens (including phenoxy) is 3. The van der Waals surface area contributed by atoms with E-state index < -0.39 is 12.2 Å². The zero-order chi connectivity index (χ0) is 28.2. The van der Waals surface area contributed by atoms with Crippen LogP contribution in [0, 0.1) is 0 Å². The smallest absolute Gasteiger partial charge is 0.311 e. The third kappa shape index (κ3) is 9.08. The van der Waals surface area contributed by atoms with Gasteiger partial charge < -0.3 is 29.5 Å². The summed E-state index contributed by atoms with van der Waals surface area (Å²) in [5, 5.41) is 30.6. The first-order chi connectivity index (χ1) is 18.8. The fourth-order valence-corrected chi connectivity index (χ4v) is 4.76. The zero-order valence-corrected chi connectivity index (χ0v) is 23.1. The Kier molecular flexibility index (Phi) is 11.8. The van der Waals surface area contributed by atoms with Crippen LogP contribution in [0.3, 0.4) is 0 Å². The van der Waals surface area contributed by atoms with Crippen molar-refractivity contribution in [1.82, 2.24) is 0 Å². The molecule has 0 aliphatic carbocycles. The molecule has 3 rings (SSSR count). The normalized spacial score (nSPS) is 16.3. The van der Waals surface area contributed by atoms with Crippen LogP contribution < -0.4 is 9.47 Å². The number of phenols is 3. The number of hydrogen-bond acceptors (Lipinski definition) is 8. The van der Waals surface area contributed by atoms with E-state index in [0.717, 1.165) is 64.2 Å². The van der Waals surface area contributed by atoms with Crippen LogP contribution in [0.25, 0.3) is 0 Å². The Hall–Kier alpha value is -3.42. The van der Waals surface area contributed by atoms with Gasteiger partial charge in [0.25, 0.3) is 0 Å². The number of fused-ring (bicyclic) bond motifs is 1. The second-order valence-corrected chi connectivity index (χ2v) is 10.2. The molecule has 39 heavy (non-hydrogen) atoms. The minimum Gasteiger partial charge on any atom is -0.507 e. The van der Waals surface area contributed by atoms with Crippen LogP contribution in [0.15, 0.2) is 30.3 Å². The summed E-state index contributed by atoms with van der Waals surface area (Å²) in [5.41, 5.74) is 0.931. The van der Waals surface area contributed by atoms with E-state index in [9.17, 15) is 24.9 Å². The van der Waals surface area contributed by atoms with E-state index in [1.165, 1.54) is 18.2 Å². The van der Waals surface area contributed by atoms with Crippen molar-refractivity contribution in [3.8, 4) is 28.7 Å². The van der Waals surface area contributed by atoms with Crippen LogP contribution in [0.1, 0.15) is 108 Å². The lowest BCUT2D eigenvalue weighted by molar-refractivity contribution is -0.155. The monoisotopic (exact) mass is 542 g/mol. The van der Waals surface area contributed by atoms with Crippen molar-refractivity contribution in [1.29, 1.82) is 0 Å². The van der Waals surface area contributed by atoms with Crippen LogP contribution in [0.4, 0.5) is 0 Å². The number of phenolic OH excluding ortho intramolecular Hbond substituents is 3. The van der Waals surface area contributed by atoms with E-state index in [2.05, 4.69) is 13.8 Å². The van der Waals surface area contributed by atoms with Gasteiger partial charge in [-0.05, 0) is 25.0 Å². The second kappa shape index (κ2) is 15.2. The lowest BCUT2D eigenvalue weighted by Crippen LogP contribution is -2.34. The van der Waals surface area contributed by atoms with E-state index in [0.29, 0.717) is 16.9 Å². The molecular weight excluding hydrogens is 500 g/mol. The SMILES string of the molecule is CCCCCCCC(=O)Oc1cc(O)c2c(c1)O[C@H](c1ccc(O)c(O)c1)[C@@H](OC(=O)CCCCCCC)C2. The maximum absolute atomic E-state index is 12.7. The Morgan fingerprint density at radius 1 is 0.795 bits per heavy atom. The van der Waals surface area contributed by atoms with Crippen molar-refractivity contribution >= 4 is 11.9 Å². The van der Waals surface area contributed by atoms with Gasteiger partial charge in [-0.1, -0.05) is 71.3 Å². The molecule has 2 aromatic carbocycles. The highest BCUT2D eigenvalue weighted by atomic mass is 16.6. The number of carbonyl (C=O) groups is 2. The third-order valence-electron chi connectivity index (χ3n) is 6.97. The summed E-state index contributed by atoms with van der Waals surface area (Å²) in [6, 6.07) is 7.20. The Balaban J connectivity index is 1.74. The Morgan fingerprint density at radius 2 is 1.44 bits per heavy atom. The summed E-state index contributed by atoms with van der Waals surface area (Å²) in [4.78, 5) is 25.0. The molecule has 3 N–H and O–H groups in total. The predicted molar refractivity (Wildman–Crippen MR) is 147 cm³/mol. The van der Waals surface area contributed by atoms with Crippen molar-refractivity contribution in [2.24, 2.45) is 0 Å². The van der Waals surface area contributed by atoms with Crippen molar-refractivity contribution in [3.05, 3.63) is 41.5 Å². The largest absolute Gasteiger partial charge is 0.507 e. The highest BCUT2D eigenvalue weighted by Crippen LogP contribution is 2.44. The molecule has 2 aromatic rings. The fourth-order valence-electron chi connectivity index (χ4n) is 4.76. The van der Waals surface area contributed by atoms with E-state index >= 15 is 0 Å². The average Bonchev–Trinajstić information content (AvgIpc) is 2.90. The van der Waals surface area contributed by atoms with Crippen LogP contribution >= 0.6 is 0 Å². The topological polar surface area (TPSA) is 123 Å². The van der Waals surface area contributed by atoms with Gasteiger partial charge in [-0.15, -0.1) is 0 Å². The first-order valence-corrected chi connectivity index (χ1v) is 14.3. The summed E-state index contributed by atoms with van der Waals surface area (Å²) < 4.78 is 17.5. The van der Waals surface area contributed by atoms with Gasteiger partial charge in [0, 0.05) is 42.5 Å². The number of benzene rings is 2. The zero-order valence-electron chi connectivity index (χ0n) is 23.1. The first-order valence-electron chi connectivity index (χ1n) is 14.3. The molecule has 0 spiro atoms. The molecule has 0 unspecified atom stereocenters. The molecule has 1 aliphatic heterocycles. The highest BCUT2D eigenvalue weighted by Gasteiger charge is 2.36. The van der Waals surface area contributed by atoms with Gasteiger partial charge in [-0.25, -0.2) is 0 Å². The Morgan fingerprint density at radius 3 is 2.08 bits per heavy atom. The van der Waals surface area contributed by atoms with Gasteiger partial charge in [0.05, 0.1) is 0 Å². The summed E-state index contributed by atoms with van der Waals surface area (Å²) >= 11 is 0. The number of aromatic hydroxyl groups is 3. The number of unbranched alkanes of at least 4 members (excludes halogenated alkanes) is 8. The Labute approximate surface area is 230 Å². The molecule has 8 heteroatoms. The lowest BCUT2D eigenvalue weighted by atomic mass is 9.93. The van der Waals surface area contributed by atoms with Crippen LogP contribution in [0.2, 0.25) is 0 Å². The molecule has 8 nitrogen and oxygen atoms in total. The van der Waals surface area contributed by atoms with Crippen LogP contribution in [0.5, 0.6) is 28.7 Å². The number of esters is 2.